The Bertz CT molecular complexity index is 649. The standard InChI is InChI=1S/C13H17N3O3S/c14-20(17,18)19-11-1-2-12-10(7-11)8-16-9-13(12)3-5-15-6-4-13/h1-2,7-8,15H,3-6,9H2,(H2,14,17,18). The van der Waals surface area contributed by atoms with E-state index in [-0.39, 0.29) is 11.2 Å². The van der Waals surface area contributed by atoms with Gasteiger partial charge in [-0.15, -0.1) is 0 Å². The van der Waals surface area contributed by atoms with Gasteiger partial charge in [0.2, 0.25) is 0 Å². The van der Waals surface area contributed by atoms with Crippen molar-refractivity contribution in [1.29, 1.82) is 0 Å². The molecule has 0 aromatic heterocycles. The van der Waals surface area contributed by atoms with Gasteiger partial charge in [0, 0.05) is 18.2 Å². The van der Waals surface area contributed by atoms with Gasteiger partial charge in [-0.1, -0.05) is 6.07 Å². The lowest BCUT2D eigenvalue weighted by atomic mass is 9.70. The molecule has 0 unspecified atom stereocenters. The van der Waals surface area contributed by atoms with Gasteiger partial charge >= 0.3 is 10.3 Å². The predicted octanol–water partition coefficient (Wildman–Crippen LogP) is 0.323. The third-order valence-electron chi connectivity index (χ3n) is 3.99. The summed E-state index contributed by atoms with van der Waals surface area (Å²) in [6.07, 6.45) is 3.85. The van der Waals surface area contributed by atoms with Crippen LogP contribution in [0.15, 0.2) is 23.2 Å². The Morgan fingerprint density at radius 2 is 2.05 bits per heavy atom. The van der Waals surface area contributed by atoms with Crippen molar-refractivity contribution in [2.75, 3.05) is 19.6 Å². The highest BCUT2D eigenvalue weighted by Gasteiger charge is 2.36. The van der Waals surface area contributed by atoms with E-state index in [4.69, 9.17) is 9.32 Å². The van der Waals surface area contributed by atoms with Gasteiger partial charge in [0.1, 0.15) is 5.75 Å². The summed E-state index contributed by atoms with van der Waals surface area (Å²) in [6, 6.07) is 5.28. The molecule has 0 saturated carbocycles. The molecule has 0 atom stereocenters. The van der Waals surface area contributed by atoms with E-state index in [2.05, 4.69) is 10.3 Å². The smallest absolute Gasteiger partial charge is 0.371 e. The van der Waals surface area contributed by atoms with E-state index in [0.717, 1.165) is 38.0 Å². The molecule has 1 saturated heterocycles. The average molecular weight is 295 g/mol. The minimum absolute atomic E-state index is 0.0649. The average Bonchev–Trinajstić information content (AvgIpc) is 2.38. The first-order valence-corrected chi connectivity index (χ1v) is 8.03. The summed E-state index contributed by atoms with van der Waals surface area (Å²) in [4.78, 5) is 4.44. The Morgan fingerprint density at radius 3 is 2.75 bits per heavy atom. The zero-order chi connectivity index (χ0) is 14.2. The molecule has 0 radical (unpaired) electrons. The summed E-state index contributed by atoms with van der Waals surface area (Å²) >= 11 is 0. The van der Waals surface area contributed by atoms with Gasteiger partial charge in [0.15, 0.2) is 0 Å². The number of fused-ring (bicyclic) bond motifs is 2. The Morgan fingerprint density at radius 1 is 1.30 bits per heavy atom. The number of nitrogens with zero attached hydrogens (tertiary/aromatic N) is 1. The van der Waals surface area contributed by atoms with Crippen LogP contribution in [0.25, 0.3) is 0 Å². The van der Waals surface area contributed by atoms with Crippen LogP contribution < -0.4 is 14.6 Å². The van der Waals surface area contributed by atoms with E-state index in [9.17, 15) is 8.42 Å². The molecule has 6 nitrogen and oxygen atoms in total. The van der Waals surface area contributed by atoms with Crippen molar-refractivity contribution in [1.82, 2.24) is 5.32 Å². The lowest BCUT2D eigenvalue weighted by molar-refractivity contribution is 0.313. The number of aliphatic imine (C=N–C) groups is 1. The van der Waals surface area contributed by atoms with Gasteiger partial charge in [-0.2, -0.15) is 13.6 Å². The first kappa shape index (κ1) is 13.5. The molecule has 0 bridgehead atoms. The second-order valence-corrected chi connectivity index (χ2v) is 6.48. The third kappa shape index (κ3) is 2.56. The number of nitrogens with two attached hydrogens (primary N) is 1. The van der Waals surface area contributed by atoms with Crippen LogP contribution >= 0.6 is 0 Å². The number of piperidine rings is 1. The number of rotatable bonds is 2. The lowest BCUT2D eigenvalue weighted by Gasteiger charge is -2.39. The Balaban J connectivity index is 1.98. The fourth-order valence-electron chi connectivity index (χ4n) is 3.05. The zero-order valence-electron chi connectivity index (χ0n) is 11.0. The monoisotopic (exact) mass is 295 g/mol. The maximum absolute atomic E-state index is 11.0. The number of hydrogen-bond donors (Lipinski definition) is 2. The first-order valence-electron chi connectivity index (χ1n) is 6.56. The number of hydrogen-bond acceptors (Lipinski definition) is 5. The highest BCUT2D eigenvalue weighted by Crippen LogP contribution is 2.38. The van der Waals surface area contributed by atoms with Gasteiger partial charge in [-0.05, 0) is 49.2 Å². The van der Waals surface area contributed by atoms with Gasteiger partial charge in [-0.3, -0.25) is 4.99 Å². The summed E-state index contributed by atoms with van der Waals surface area (Å²) in [7, 11) is -3.99. The van der Waals surface area contributed by atoms with Crippen LogP contribution in [0, 0.1) is 0 Å². The van der Waals surface area contributed by atoms with E-state index >= 15 is 0 Å². The molecular weight excluding hydrogens is 278 g/mol. The van der Waals surface area contributed by atoms with Crippen LogP contribution in [0.3, 0.4) is 0 Å². The molecule has 2 heterocycles. The van der Waals surface area contributed by atoms with Crippen LogP contribution in [0.5, 0.6) is 5.75 Å². The summed E-state index contributed by atoms with van der Waals surface area (Å²) < 4.78 is 26.7. The normalized spacial score (nSPS) is 20.6. The topological polar surface area (TPSA) is 93.8 Å². The summed E-state index contributed by atoms with van der Waals surface area (Å²) in [6.45, 7) is 2.74. The third-order valence-corrected chi connectivity index (χ3v) is 4.42. The Labute approximate surface area is 118 Å². The fraction of sp³-hybridized carbons (Fsp3) is 0.462. The summed E-state index contributed by atoms with van der Waals surface area (Å²) in [5, 5.41) is 8.25. The van der Waals surface area contributed by atoms with Crippen molar-refractivity contribution in [3.8, 4) is 5.75 Å². The fourth-order valence-corrected chi connectivity index (χ4v) is 3.43. The second-order valence-electron chi connectivity index (χ2n) is 5.33. The molecule has 1 spiro atoms. The SMILES string of the molecule is NS(=O)(=O)Oc1ccc2c(c1)C=NCC21CCNCC1. The Kier molecular flexibility index (Phi) is 3.27. The van der Waals surface area contributed by atoms with E-state index in [1.807, 2.05) is 6.07 Å². The lowest BCUT2D eigenvalue weighted by Crippen LogP contribution is -2.43. The van der Waals surface area contributed by atoms with Crippen molar-refractivity contribution in [2.45, 2.75) is 18.3 Å². The predicted molar refractivity (Wildman–Crippen MR) is 76.4 cm³/mol. The van der Waals surface area contributed by atoms with E-state index < -0.39 is 10.3 Å². The minimum Gasteiger partial charge on any atom is -0.371 e. The molecule has 3 N–H and O–H groups in total. The molecule has 20 heavy (non-hydrogen) atoms. The van der Waals surface area contributed by atoms with Crippen LogP contribution in [-0.4, -0.2) is 34.3 Å². The largest absolute Gasteiger partial charge is 0.380 e. The van der Waals surface area contributed by atoms with Crippen LogP contribution in [-0.2, 0) is 15.7 Å². The zero-order valence-corrected chi connectivity index (χ0v) is 11.8. The van der Waals surface area contributed by atoms with Gasteiger partial charge in [0.25, 0.3) is 0 Å². The molecule has 108 valence electrons. The van der Waals surface area contributed by atoms with Crippen molar-refractivity contribution in [2.24, 2.45) is 10.1 Å². The highest BCUT2D eigenvalue weighted by molar-refractivity contribution is 7.84. The van der Waals surface area contributed by atoms with Gasteiger partial charge in [0.05, 0.1) is 0 Å². The molecule has 2 aliphatic heterocycles. The maximum Gasteiger partial charge on any atom is 0.380 e. The van der Waals surface area contributed by atoms with Crippen molar-refractivity contribution < 1.29 is 12.6 Å². The highest BCUT2D eigenvalue weighted by atomic mass is 32.2. The molecular formula is C13H17N3O3S. The second kappa shape index (κ2) is 4.83. The van der Waals surface area contributed by atoms with E-state index in [1.54, 1.807) is 18.3 Å². The quantitative estimate of drug-likeness (QED) is 0.822. The molecule has 0 aliphatic carbocycles. The number of nitrogens with one attached hydrogen (secondary N) is 1. The van der Waals surface area contributed by atoms with Crippen molar-refractivity contribution >= 4 is 16.5 Å². The van der Waals surface area contributed by atoms with Crippen molar-refractivity contribution in [3.63, 3.8) is 0 Å². The van der Waals surface area contributed by atoms with E-state index in [0.29, 0.717) is 0 Å². The Hall–Kier alpha value is -1.44. The number of benzene rings is 1. The summed E-state index contributed by atoms with van der Waals surface area (Å²) in [5.41, 5.74) is 2.20. The minimum atomic E-state index is -3.99. The molecule has 3 rings (SSSR count). The van der Waals surface area contributed by atoms with Crippen molar-refractivity contribution in [3.05, 3.63) is 29.3 Å². The van der Waals surface area contributed by atoms with Gasteiger partial charge in [-0.25, -0.2) is 0 Å². The first-order chi connectivity index (χ1) is 9.49. The van der Waals surface area contributed by atoms with Crippen LogP contribution in [0.4, 0.5) is 0 Å². The van der Waals surface area contributed by atoms with Crippen LogP contribution in [0.2, 0.25) is 0 Å². The van der Waals surface area contributed by atoms with Crippen LogP contribution in [0.1, 0.15) is 24.0 Å². The summed E-state index contributed by atoms with van der Waals surface area (Å²) in [5.74, 6) is 0.226. The molecule has 0 amide bonds. The molecule has 1 aromatic rings. The molecule has 7 heteroatoms. The molecule has 1 aromatic carbocycles. The maximum atomic E-state index is 11.0. The molecule has 2 aliphatic rings. The molecule has 1 fully saturated rings. The van der Waals surface area contributed by atoms with Gasteiger partial charge < -0.3 is 9.50 Å². The van der Waals surface area contributed by atoms with E-state index in [1.165, 1.54) is 5.56 Å².